The number of hydrogen-bond acceptors (Lipinski definition) is 6. The maximum Gasteiger partial charge on any atom is 0.198 e. The van der Waals surface area contributed by atoms with Crippen LogP contribution in [0.25, 0.3) is 22.6 Å². The minimum Gasteiger partial charge on any atom is -0.378 e. The SMILES string of the molecule is Cc1cnc2nc(-c3ccc(N4CCOCC4)cc3)cnc2n1. The molecule has 0 aliphatic carbocycles. The van der Waals surface area contributed by atoms with Gasteiger partial charge >= 0.3 is 0 Å². The highest BCUT2D eigenvalue weighted by Gasteiger charge is 2.11. The highest BCUT2D eigenvalue weighted by molar-refractivity contribution is 5.70. The van der Waals surface area contributed by atoms with E-state index in [1.54, 1.807) is 12.4 Å². The van der Waals surface area contributed by atoms with Crippen molar-refractivity contribution in [2.75, 3.05) is 31.2 Å². The van der Waals surface area contributed by atoms with E-state index in [4.69, 9.17) is 4.74 Å². The molecule has 4 rings (SSSR count). The van der Waals surface area contributed by atoms with Gasteiger partial charge in [-0.3, -0.25) is 0 Å². The summed E-state index contributed by atoms with van der Waals surface area (Å²) in [5.41, 5.74) is 5.04. The third-order valence-corrected chi connectivity index (χ3v) is 3.93. The van der Waals surface area contributed by atoms with Crippen molar-refractivity contribution in [3.8, 4) is 11.3 Å². The van der Waals surface area contributed by atoms with Gasteiger partial charge in [0.25, 0.3) is 0 Å². The lowest BCUT2D eigenvalue weighted by atomic mass is 10.1. The van der Waals surface area contributed by atoms with E-state index in [2.05, 4.69) is 49.1 Å². The van der Waals surface area contributed by atoms with E-state index in [0.717, 1.165) is 43.3 Å². The summed E-state index contributed by atoms with van der Waals surface area (Å²) in [6, 6.07) is 8.38. The van der Waals surface area contributed by atoms with Gasteiger partial charge < -0.3 is 9.64 Å². The number of nitrogens with zero attached hydrogens (tertiary/aromatic N) is 5. The Hall–Kier alpha value is -2.60. The van der Waals surface area contributed by atoms with E-state index in [0.29, 0.717) is 11.3 Å². The lowest BCUT2D eigenvalue weighted by Crippen LogP contribution is -2.36. The van der Waals surface area contributed by atoms with Gasteiger partial charge in [0, 0.05) is 24.3 Å². The van der Waals surface area contributed by atoms with Crippen LogP contribution in [-0.2, 0) is 4.74 Å². The van der Waals surface area contributed by atoms with Gasteiger partial charge in [0.1, 0.15) is 0 Å². The highest BCUT2D eigenvalue weighted by atomic mass is 16.5. The van der Waals surface area contributed by atoms with Crippen molar-refractivity contribution in [2.45, 2.75) is 6.92 Å². The molecule has 0 N–H and O–H groups in total. The van der Waals surface area contributed by atoms with Gasteiger partial charge in [0.2, 0.25) is 0 Å². The summed E-state index contributed by atoms with van der Waals surface area (Å²) < 4.78 is 5.39. The molecule has 1 aliphatic heterocycles. The first-order chi connectivity index (χ1) is 11.3. The van der Waals surface area contributed by atoms with Crippen LogP contribution in [0, 0.1) is 6.92 Å². The number of rotatable bonds is 2. The first-order valence-electron chi connectivity index (χ1n) is 7.69. The predicted octanol–water partition coefficient (Wildman–Crippen LogP) is 2.23. The molecule has 0 saturated carbocycles. The van der Waals surface area contributed by atoms with Crippen LogP contribution in [0.2, 0.25) is 0 Å². The van der Waals surface area contributed by atoms with Crippen LogP contribution >= 0.6 is 0 Å². The van der Waals surface area contributed by atoms with Crippen molar-refractivity contribution in [1.82, 2.24) is 19.9 Å². The van der Waals surface area contributed by atoms with Crippen LogP contribution < -0.4 is 4.90 Å². The number of hydrogen-bond donors (Lipinski definition) is 0. The zero-order valence-electron chi connectivity index (χ0n) is 12.9. The van der Waals surface area contributed by atoms with Gasteiger partial charge in [-0.25, -0.2) is 19.9 Å². The standard InChI is InChI=1S/C17H17N5O/c1-12-10-18-17-16(20-12)19-11-15(21-17)13-2-4-14(5-3-13)22-6-8-23-9-7-22/h2-5,10-11H,6-9H2,1H3. The summed E-state index contributed by atoms with van der Waals surface area (Å²) >= 11 is 0. The maximum atomic E-state index is 5.39. The Balaban J connectivity index is 1.63. The van der Waals surface area contributed by atoms with Gasteiger partial charge in [-0.15, -0.1) is 0 Å². The van der Waals surface area contributed by atoms with Crippen molar-refractivity contribution < 1.29 is 4.74 Å². The van der Waals surface area contributed by atoms with Crippen molar-refractivity contribution >= 4 is 17.0 Å². The van der Waals surface area contributed by atoms with E-state index < -0.39 is 0 Å². The van der Waals surface area contributed by atoms with Gasteiger partial charge in [0.05, 0.1) is 37.0 Å². The van der Waals surface area contributed by atoms with Crippen LogP contribution in [0.5, 0.6) is 0 Å². The molecule has 3 heterocycles. The Morgan fingerprint density at radius 2 is 1.61 bits per heavy atom. The molecule has 0 radical (unpaired) electrons. The Labute approximate surface area is 134 Å². The topological polar surface area (TPSA) is 64.0 Å². The molecule has 6 nitrogen and oxygen atoms in total. The van der Waals surface area contributed by atoms with E-state index in [1.807, 2.05) is 6.92 Å². The van der Waals surface area contributed by atoms with Crippen molar-refractivity contribution in [2.24, 2.45) is 0 Å². The average Bonchev–Trinajstić information content (AvgIpc) is 2.62. The lowest BCUT2D eigenvalue weighted by molar-refractivity contribution is 0.122. The van der Waals surface area contributed by atoms with Crippen LogP contribution in [0.3, 0.4) is 0 Å². The smallest absolute Gasteiger partial charge is 0.198 e. The van der Waals surface area contributed by atoms with Crippen LogP contribution in [0.4, 0.5) is 5.69 Å². The van der Waals surface area contributed by atoms with Crippen molar-refractivity contribution in [3.05, 3.63) is 42.4 Å². The van der Waals surface area contributed by atoms with Crippen LogP contribution in [0.1, 0.15) is 5.69 Å². The Kier molecular flexibility index (Phi) is 3.59. The molecular weight excluding hydrogens is 290 g/mol. The fourth-order valence-electron chi connectivity index (χ4n) is 2.69. The van der Waals surface area contributed by atoms with Gasteiger partial charge in [-0.2, -0.15) is 0 Å². The zero-order valence-corrected chi connectivity index (χ0v) is 12.9. The highest BCUT2D eigenvalue weighted by Crippen LogP contribution is 2.22. The van der Waals surface area contributed by atoms with E-state index in [9.17, 15) is 0 Å². The second kappa shape index (κ2) is 5.89. The Bertz CT molecular complexity index is 828. The molecule has 0 unspecified atom stereocenters. The summed E-state index contributed by atoms with van der Waals surface area (Å²) in [6.07, 6.45) is 3.46. The Morgan fingerprint density at radius 3 is 2.39 bits per heavy atom. The first-order valence-corrected chi connectivity index (χ1v) is 7.69. The monoisotopic (exact) mass is 307 g/mol. The third-order valence-electron chi connectivity index (χ3n) is 3.93. The molecule has 1 saturated heterocycles. The number of fused-ring (bicyclic) bond motifs is 1. The third kappa shape index (κ3) is 2.85. The molecule has 1 fully saturated rings. The Morgan fingerprint density at radius 1 is 0.913 bits per heavy atom. The number of aryl methyl sites for hydroxylation is 1. The molecule has 0 amide bonds. The summed E-state index contributed by atoms with van der Waals surface area (Å²) in [5.74, 6) is 0. The molecule has 0 atom stereocenters. The second-order valence-electron chi connectivity index (χ2n) is 5.56. The lowest BCUT2D eigenvalue weighted by Gasteiger charge is -2.28. The molecule has 2 aromatic heterocycles. The minimum absolute atomic E-state index is 0.574. The first kappa shape index (κ1) is 14.0. The molecule has 23 heavy (non-hydrogen) atoms. The molecule has 116 valence electrons. The number of anilines is 1. The average molecular weight is 307 g/mol. The van der Waals surface area contributed by atoms with E-state index in [1.165, 1.54) is 5.69 Å². The summed E-state index contributed by atoms with van der Waals surface area (Å²) in [6.45, 7) is 5.34. The summed E-state index contributed by atoms with van der Waals surface area (Å²) in [7, 11) is 0. The van der Waals surface area contributed by atoms with Gasteiger partial charge in [-0.1, -0.05) is 12.1 Å². The van der Waals surface area contributed by atoms with Crippen LogP contribution in [-0.4, -0.2) is 46.2 Å². The quantitative estimate of drug-likeness (QED) is 0.723. The molecule has 1 aromatic carbocycles. The van der Waals surface area contributed by atoms with Gasteiger partial charge in [0.15, 0.2) is 11.3 Å². The number of aromatic nitrogens is 4. The second-order valence-corrected chi connectivity index (χ2v) is 5.56. The molecule has 0 bridgehead atoms. The molecule has 1 aliphatic rings. The molecular formula is C17H17N5O. The number of benzene rings is 1. The number of ether oxygens (including phenoxy) is 1. The summed E-state index contributed by atoms with van der Waals surface area (Å²) in [5, 5.41) is 0. The van der Waals surface area contributed by atoms with E-state index in [-0.39, 0.29) is 0 Å². The fraction of sp³-hybridized carbons (Fsp3) is 0.294. The van der Waals surface area contributed by atoms with E-state index >= 15 is 0 Å². The molecule has 6 heteroatoms. The fourth-order valence-corrected chi connectivity index (χ4v) is 2.69. The number of morpholine rings is 1. The predicted molar refractivity (Wildman–Crippen MR) is 88.3 cm³/mol. The largest absolute Gasteiger partial charge is 0.378 e. The summed E-state index contributed by atoms with van der Waals surface area (Å²) in [4.78, 5) is 19.9. The van der Waals surface area contributed by atoms with Crippen molar-refractivity contribution in [1.29, 1.82) is 0 Å². The normalized spacial score (nSPS) is 15.1. The molecule has 3 aromatic rings. The van der Waals surface area contributed by atoms with Crippen molar-refractivity contribution in [3.63, 3.8) is 0 Å². The van der Waals surface area contributed by atoms with Gasteiger partial charge in [-0.05, 0) is 19.1 Å². The maximum absolute atomic E-state index is 5.39. The molecule has 0 spiro atoms. The minimum atomic E-state index is 0.574. The van der Waals surface area contributed by atoms with Crippen LogP contribution in [0.15, 0.2) is 36.7 Å². The zero-order chi connectivity index (χ0) is 15.6.